The van der Waals surface area contributed by atoms with Crippen molar-refractivity contribution in [3.8, 4) is 0 Å². The fraction of sp³-hybridized carbons (Fsp3) is 0.333. The Kier molecular flexibility index (Phi) is 4.43. The number of anilines is 1. The molecule has 1 saturated carbocycles. The number of carbonyl (C=O) groups excluding carboxylic acids is 2. The van der Waals surface area contributed by atoms with Crippen molar-refractivity contribution in [3.63, 3.8) is 0 Å². The highest BCUT2D eigenvalue weighted by Crippen LogP contribution is 2.26. The zero-order chi connectivity index (χ0) is 15.4. The van der Waals surface area contributed by atoms with Crippen LogP contribution in [0.2, 0.25) is 0 Å². The molecule has 0 unspecified atom stereocenters. The van der Waals surface area contributed by atoms with Gasteiger partial charge in [0.2, 0.25) is 10.9 Å². The highest BCUT2D eigenvalue weighted by molar-refractivity contribution is 7.13. The first-order valence-electron chi connectivity index (χ1n) is 7.19. The summed E-state index contributed by atoms with van der Waals surface area (Å²) in [6.45, 7) is 0.325. The molecule has 2 N–H and O–H groups in total. The molecule has 2 amide bonds. The van der Waals surface area contributed by atoms with Crippen LogP contribution in [0, 0.1) is 5.92 Å². The number of carbonyl (C=O) groups is 2. The van der Waals surface area contributed by atoms with Gasteiger partial charge in [-0.15, -0.1) is 10.2 Å². The van der Waals surface area contributed by atoms with Gasteiger partial charge in [0.05, 0.1) is 6.54 Å². The summed E-state index contributed by atoms with van der Waals surface area (Å²) in [5, 5.41) is 14.3. The molecule has 0 radical (unpaired) electrons. The van der Waals surface area contributed by atoms with Gasteiger partial charge in [-0.25, -0.2) is 0 Å². The standard InChI is InChI=1S/C15H16N4O2S/c20-13(10-5-4-6-10)16-9-12-18-19-15(22-12)14(21)17-11-7-2-1-3-8-11/h1-3,7-8,10H,4-6,9H2,(H,16,20)(H,17,21). The molecule has 0 bridgehead atoms. The van der Waals surface area contributed by atoms with Crippen LogP contribution in [-0.4, -0.2) is 22.0 Å². The largest absolute Gasteiger partial charge is 0.349 e. The van der Waals surface area contributed by atoms with Crippen molar-refractivity contribution in [2.24, 2.45) is 5.92 Å². The minimum Gasteiger partial charge on any atom is -0.349 e. The monoisotopic (exact) mass is 316 g/mol. The van der Waals surface area contributed by atoms with Gasteiger partial charge in [0.25, 0.3) is 5.91 Å². The van der Waals surface area contributed by atoms with E-state index in [-0.39, 0.29) is 22.7 Å². The molecule has 1 aromatic heterocycles. The summed E-state index contributed by atoms with van der Waals surface area (Å²) in [5.74, 6) is -0.0780. The smallest absolute Gasteiger partial charge is 0.286 e. The Morgan fingerprint density at radius 3 is 2.64 bits per heavy atom. The van der Waals surface area contributed by atoms with Crippen LogP contribution in [-0.2, 0) is 11.3 Å². The van der Waals surface area contributed by atoms with Crippen molar-refractivity contribution in [2.45, 2.75) is 25.8 Å². The topological polar surface area (TPSA) is 84.0 Å². The Bertz CT molecular complexity index is 667. The van der Waals surface area contributed by atoms with Gasteiger partial charge in [0.15, 0.2) is 0 Å². The van der Waals surface area contributed by atoms with Crippen molar-refractivity contribution in [2.75, 3.05) is 5.32 Å². The van der Waals surface area contributed by atoms with Gasteiger partial charge >= 0.3 is 0 Å². The van der Waals surface area contributed by atoms with E-state index in [0.29, 0.717) is 17.2 Å². The Morgan fingerprint density at radius 1 is 1.18 bits per heavy atom. The molecule has 114 valence electrons. The highest BCUT2D eigenvalue weighted by atomic mass is 32.1. The molecule has 7 heteroatoms. The third-order valence-electron chi connectivity index (χ3n) is 3.58. The summed E-state index contributed by atoms with van der Waals surface area (Å²) in [5.41, 5.74) is 0.711. The maximum absolute atomic E-state index is 12.0. The normalized spacial score (nSPS) is 14.2. The Morgan fingerprint density at radius 2 is 1.95 bits per heavy atom. The number of nitrogens with one attached hydrogen (secondary N) is 2. The van der Waals surface area contributed by atoms with Crippen LogP contribution in [0.3, 0.4) is 0 Å². The van der Waals surface area contributed by atoms with Crippen LogP contribution >= 0.6 is 11.3 Å². The molecule has 1 aliphatic rings. The molecule has 1 heterocycles. The van der Waals surface area contributed by atoms with Gasteiger partial charge in [-0.1, -0.05) is 36.0 Å². The second-order valence-corrected chi connectivity index (χ2v) is 6.23. The Balaban J connectivity index is 1.54. The minimum atomic E-state index is -0.291. The third-order valence-corrected chi connectivity index (χ3v) is 4.50. The molecule has 22 heavy (non-hydrogen) atoms. The van der Waals surface area contributed by atoms with Crippen LogP contribution in [0.15, 0.2) is 30.3 Å². The number of amides is 2. The summed E-state index contributed by atoms with van der Waals surface area (Å²) in [7, 11) is 0. The van der Waals surface area contributed by atoms with Crippen LogP contribution < -0.4 is 10.6 Å². The number of hydrogen-bond donors (Lipinski definition) is 2. The van der Waals surface area contributed by atoms with E-state index in [2.05, 4.69) is 20.8 Å². The summed E-state index contributed by atoms with van der Waals surface area (Å²) in [6, 6.07) is 9.18. The predicted octanol–water partition coefficient (Wildman–Crippen LogP) is 2.21. The fourth-order valence-electron chi connectivity index (χ4n) is 2.10. The summed E-state index contributed by atoms with van der Waals surface area (Å²) in [6.07, 6.45) is 3.06. The van der Waals surface area contributed by atoms with Crippen LogP contribution in [0.25, 0.3) is 0 Å². The summed E-state index contributed by atoms with van der Waals surface area (Å²) < 4.78 is 0. The Hall–Kier alpha value is -2.28. The van der Waals surface area contributed by atoms with Crippen LogP contribution in [0.4, 0.5) is 5.69 Å². The zero-order valence-electron chi connectivity index (χ0n) is 11.9. The molecule has 2 aromatic rings. The molecule has 3 rings (SSSR count). The minimum absolute atomic E-state index is 0.0664. The zero-order valence-corrected chi connectivity index (χ0v) is 12.7. The highest BCUT2D eigenvalue weighted by Gasteiger charge is 2.25. The average Bonchev–Trinajstić information content (AvgIpc) is 2.93. The lowest BCUT2D eigenvalue weighted by molar-refractivity contribution is -0.127. The van der Waals surface area contributed by atoms with Gasteiger partial charge in [-0.3, -0.25) is 9.59 Å². The van der Waals surface area contributed by atoms with Crippen molar-refractivity contribution in [3.05, 3.63) is 40.3 Å². The number of para-hydroxylation sites is 1. The molecule has 0 aliphatic heterocycles. The van der Waals surface area contributed by atoms with E-state index in [1.54, 1.807) is 12.1 Å². The first-order chi connectivity index (χ1) is 10.7. The molecular formula is C15H16N4O2S. The van der Waals surface area contributed by atoms with E-state index >= 15 is 0 Å². The van der Waals surface area contributed by atoms with E-state index in [1.165, 1.54) is 11.3 Å². The van der Waals surface area contributed by atoms with E-state index in [0.717, 1.165) is 19.3 Å². The number of hydrogen-bond acceptors (Lipinski definition) is 5. The molecule has 1 aromatic carbocycles. The van der Waals surface area contributed by atoms with Crippen molar-refractivity contribution in [1.29, 1.82) is 0 Å². The molecule has 0 saturated heterocycles. The number of benzene rings is 1. The summed E-state index contributed by atoms with van der Waals surface area (Å²) >= 11 is 1.19. The van der Waals surface area contributed by atoms with E-state index in [1.807, 2.05) is 18.2 Å². The first kappa shape index (κ1) is 14.6. The Labute approximate surface area is 132 Å². The van der Waals surface area contributed by atoms with Gasteiger partial charge < -0.3 is 10.6 Å². The van der Waals surface area contributed by atoms with E-state index in [9.17, 15) is 9.59 Å². The fourth-order valence-corrected chi connectivity index (χ4v) is 2.77. The van der Waals surface area contributed by atoms with Crippen molar-refractivity contribution in [1.82, 2.24) is 15.5 Å². The molecule has 0 spiro atoms. The van der Waals surface area contributed by atoms with Gasteiger partial charge in [-0.2, -0.15) is 0 Å². The van der Waals surface area contributed by atoms with Crippen molar-refractivity contribution >= 4 is 28.8 Å². The maximum Gasteiger partial charge on any atom is 0.286 e. The molecule has 1 fully saturated rings. The number of aromatic nitrogens is 2. The predicted molar refractivity (Wildman–Crippen MR) is 83.5 cm³/mol. The van der Waals surface area contributed by atoms with Crippen LogP contribution in [0.1, 0.15) is 34.1 Å². The van der Waals surface area contributed by atoms with Crippen molar-refractivity contribution < 1.29 is 9.59 Å². The van der Waals surface area contributed by atoms with Crippen LogP contribution in [0.5, 0.6) is 0 Å². The molecule has 1 aliphatic carbocycles. The summed E-state index contributed by atoms with van der Waals surface area (Å²) in [4.78, 5) is 23.8. The lowest BCUT2D eigenvalue weighted by Gasteiger charge is -2.23. The quantitative estimate of drug-likeness (QED) is 0.886. The second kappa shape index (κ2) is 6.65. The maximum atomic E-state index is 12.0. The first-order valence-corrected chi connectivity index (χ1v) is 8.00. The third kappa shape index (κ3) is 3.48. The van der Waals surface area contributed by atoms with E-state index in [4.69, 9.17) is 0 Å². The van der Waals surface area contributed by atoms with Gasteiger partial charge in [0, 0.05) is 11.6 Å². The average molecular weight is 316 g/mol. The van der Waals surface area contributed by atoms with Gasteiger partial charge in [-0.05, 0) is 25.0 Å². The molecule has 0 atom stereocenters. The second-order valence-electron chi connectivity index (χ2n) is 5.17. The SMILES string of the molecule is O=C(Nc1ccccc1)c1nnc(CNC(=O)C2CCC2)s1. The molecule has 6 nitrogen and oxygen atoms in total. The lowest BCUT2D eigenvalue weighted by Crippen LogP contribution is -2.33. The lowest BCUT2D eigenvalue weighted by atomic mass is 9.85. The number of rotatable bonds is 5. The van der Waals surface area contributed by atoms with Gasteiger partial charge in [0.1, 0.15) is 5.01 Å². The molecular weight excluding hydrogens is 300 g/mol. The number of nitrogens with zero attached hydrogens (tertiary/aromatic N) is 2. The van der Waals surface area contributed by atoms with E-state index < -0.39 is 0 Å².